The van der Waals surface area contributed by atoms with Crippen LogP contribution in [0.5, 0.6) is 0 Å². The van der Waals surface area contributed by atoms with E-state index < -0.39 is 10.0 Å². The number of hydrogen-bond donors (Lipinski definition) is 1. The van der Waals surface area contributed by atoms with Crippen molar-refractivity contribution in [3.63, 3.8) is 0 Å². The Balaban J connectivity index is 1.23. The van der Waals surface area contributed by atoms with Crippen LogP contribution in [0.4, 0.5) is 5.69 Å². The number of rotatable bonds is 6. The molecule has 35 heavy (non-hydrogen) atoms. The summed E-state index contributed by atoms with van der Waals surface area (Å²) in [5.74, 6) is 0.0654. The summed E-state index contributed by atoms with van der Waals surface area (Å²) in [6, 6.07) is 14.9. The fraction of sp³-hybridized carbons (Fsp3) is 0.481. The van der Waals surface area contributed by atoms with Gasteiger partial charge in [-0.3, -0.25) is 9.59 Å². The van der Waals surface area contributed by atoms with Crippen molar-refractivity contribution in [2.75, 3.05) is 18.0 Å². The van der Waals surface area contributed by atoms with Crippen molar-refractivity contribution >= 4 is 27.5 Å². The molecule has 8 heteroatoms. The van der Waals surface area contributed by atoms with Gasteiger partial charge in [0.15, 0.2) is 0 Å². The maximum Gasteiger partial charge on any atom is 0.243 e. The summed E-state index contributed by atoms with van der Waals surface area (Å²) in [6.45, 7) is 4.61. The fourth-order valence-corrected chi connectivity index (χ4v) is 6.82. The maximum atomic E-state index is 13.4. The smallest absolute Gasteiger partial charge is 0.243 e. The summed E-state index contributed by atoms with van der Waals surface area (Å²) >= 11 is 0. The third kappa shape index (κ3) is 4.74. The Bertz CT molecular complexity index is 1220. The minimum absolute atomic E-state index is 0.0228. The van der Waals surface area contributed by atoms with Gasteiger partial charge >= 0.3 is 0 Å². The third-order valence-electron chi connectivity index (χ3n) is 7.55. The summed E-state index contributed by atoms with van der Waals surface area (Å²) in [5.41, 5.74) is 2.80. The second-order valence-electron chi connectivity index (χ2n) is 10.1. The molecule has 1 saturated heterocycles. The van der Waals surface area contributed by atoms with Gasteiger partial charge in [-0.15, -0.1) is 0 Å². The molecule has 2 unspecified atom stereocenters. The van der Waals surface area contributed by atoms with Gasteiger partial charge in [0.2, 0.25) is 21.8 Å². The molecule has 7 nitrogen and oxygen atoms in total. The van der Waals surface area contributed by atoms with E-state index in [9.17, 15) is 18.0 Å². The zero-order valence-electron chi connectivity index (χ0n) is 20.3. The number of nitrogens with one attached hydrogen (secondary N) is 1. The Hall–Kier alpha value is -2.71. The Kier molecular flexibility index (Phi) is 6.44. The van der Waals surface area contributed by atoms with Crippen LogP contribution in [0.3, 0.4) is 0 Å². The first kappa shape index (κ1) is 24.0. The molecule has 3 aliphatic rings. The molecule has 2 atom stereocenters. The lowest BCUT2D eigenvalue weighted by atomic mass is 9.96. The average Bonchev–Trinajstić information content (AvgIpc) is 3.66. The summed E-state index contributed by atoms with van der Waals surface area (Å²) in [7, 11) is -3.66. The van der Waals surface area contributed by atoms with Crippen LogP contribution in [-0.4, -0.2) is 43.7 Å². The van der Waals surface area contributed by atoms with Crippen LogP contribution in [0.1, 0.15) is 56.7 Å². The van der Waals surface area contributed by atoms with Crippen LogP contribution in [0.15, 0.2) is 53.4 Å². The predicted molar refractivity (Wildman–Crippen MR) is 134 cm³/mol. The van der Waals surface area contributed by atoms with Crippen molar-refractivity contribution < 1.29 is 18.0 Å². The molecule has 0 radical (unpaired) electrons. The summed E-state index contributed by atoms with van der Waals surface area (Å²) in [5, 5.41) is 3.07. The molecule has 2 aromatic carbocycles. The molecular weight excluding hydrogens is 462 g/mol. The molecule has 1 saturated carbocycles. The van der Waals surface area contributed by atoms with Crippen LogP contribution >= 0.6 is 0 Å². The largest absolute Gasteiger partial charge is 0.349 e. The molecule has 0 bridgehead atoms. The average molecular weight is 496 g/mol. The standard InChI is InChI=1S/C27H33N3O4S/c1-18-16-23-17-24(10-11-25(23)30(18)27(32)22-8-9-22)35(33,34)29-14-12-21(13-15-29)26(31)28-19(2)20-6-4-3-5-7-20/h3-7,10-11,17-19,21-22H,8-9,12-16H2,1-2H3,(H,28,31). The Morgan fingerprint density at radius 2 is 1.66 bits per heavy atom. The summed E-state index contributed by atoms with van der Waals surface area (Å²) < 4.78 is 28.3. The van der Waals surface area contributed by atoms with Gasteiger partial charge in [-0.05, 0) is 75.3 Å². The molecule has 1 aliphatic carbocycles. The van der Waals surface area contributed by atoms with Crippen molar-refractivity contribution in [1.29, 1.82) is 0 Å². The van der Waals surface area contributed by atoms with Gasteiger partial charge in [0.25, 0.3) is 0 Å². The highest BCUT2D eigenvalue weighted by atomic mass is 32.2. The number of anilines is 1. The highest BCUT2D eigenvalue weighted by Crippen LogP contribution is 2.40. The molecule has 2 fully saturated rings. The lowest BCUT2D eigenvalue weighted by molar-refractivity contribution is -0.126. The number of fused-ring (bicyclic) bond motifs is 1. The van der Waals surface area contributed by atoms with Gasteiger partial charge < -0.3 is 10.2 Å². The van der Waals surface area contributed by atoms with E-state index in [1.165, 1.54) is 4.31 Å². The number of amides is 2. The number of carbonyl (C=O) groups excluding carboxylic acids is 2. The quantitative estimate of drug-likeness (QED) is 0.663. The Morgan fingerprint density at radius 3 is 2.31 bits per heavy atom. The second-order valence-corrected chi connectivity index (χ2v) is 12.1. The lowest BCUT2D eigenvalue weighted by Gasteiger charge is -2.31. The minimum atomic E-state index is -3.66. The number of carbonyl (C=O) groups is 2. The fourth-order valence-electron chi connectivity index (χ4n) is 5.29. The molecule has 5 rings (SSSR count). The van der Waals surface area contributed by atoms with Crippen molar-refractivity contribution in [2.24, 2.45) is 11.8 Å². The van der Waals surface area contributed by atoms with Crippen LogP contribution in [-0.2, 0) is 26.0 Å². The Labute approximate surface area is 207 Å². The SMILES string of the molecule is CC(NC(=O)C1CCN(S(=O)(=O)c2ccc3c(c2)CC(C)N3C(=O)C2CC2)CC1)c1ccccc1. The summed E-state index contributed by atoms with van der Waals surface area (Å²) in [6.07, 6.45) is 3.56. The van der Waals surface area contributed by atoms with Crippen molar-refractivity contribution in [3.8, 4) is 0 Å². The molecule has 2 heterocycles. The second kappa shape index (κ2) is 9.39. The van der Waals surface area contributed by atoms with E-state index in [1.807, 2.05) is 49.1 Å². The van der Waals surface area contributed by atoms with E-state index in [0.717, 1.165) is 29.7 Å². The molecule has 2 aliphatic heterocycles. The van der Waals surface area contributed by atoms with Crippen molar-refractivity contribution in [1.82, 2.24) is 9.62 Å². The minimum Gasteiger partial charge on any atom is -0.349 e. The van der Waals surface area contributed by atoms with E-state index in [4.69, 9.17) is 0 Å². The molecule has 2 aromatic rings. The molecule has 0 spiro atoms. The maximum absolute atomic E-state index is 13.4. The van der Waals surface area contributed by atoms with Gasteiger partial charge in [0.05, 0.1) is 10.9 Å². The van der Waals surface area contributed by atoms with E-state index in [1.54, 1.807) is 18.2 Å². The van der Waals surface area contributed by atoms with E-state index >= 15 is 0 Å². The molecule has 186 valence electrons. The molecule has 2 amide bonds. The predicted octanol–water partition coefficient (Wildman–Crippen LogP) is 3.65. The van der Waals surface area contributed by atoms with Crippen LogP contribution in [0.25, 0.3) is 0 Å². The molecular formula is C27H33N3O4S. The normalized spacial score (nSPS) is 22.0. The van der Waals surface area contributed by atoms with Gasteiger partial charge in [0, 0.05) is 36.7 Å². The van der Waals surface area contributed by atoms with E-state index in [-0.39, 0.29) is 40.6 Å². The number of nitrogens with zero attached hydrogens (tertiary/aromatic N) is 2. The monoisotopic (exact) mass is 495 g/mol. The van der Waals surface area contributed by atoms with Crippen LogP contribution < -0.4 is 10.2 Å². The van der Waals surface area contributed by atoms with Crippen molar-refractivity contribution in [2.45, 2.75) is 62.9 Å². The van der Waals surface area contributed by atoms with Crippen LogP contribution in [0.2, 0.25) is 0 Å². The van der Waals surface area contributed by atoms with Crippen LogP contribution in [0, 0.1) is 11.8 Å². The zero-order chi connectivity index (χ0) is 24.7. The zero-order valence-corrected chi connectivity index (χ0v) is 21.1. The Morgan fingerprint density at radius 1 is 0.971 bits per heavy atom. The van der Waals surface area contributed by atoms with Gasteiger partial charge in [-0.1, -0.05) is 30.3 Å². The first-order valence-corrected chi connectivity index (χ1v) is 14.0. The number of hydrogen-bond acceptors (Lipinski definition) is 4. The van der Waals surface area contributed by atoms with E-state index in [2.05, 4.69) is 5.32 Å². The van der Waals surface area contributed by atoms with Gasteiger partial charge in [0.1, 0.15) is 0 Å². The highest BCUT2D eigenvalue weighted by molar-refractivity contribution is 7.89. The molecule has 0 aromatic heterocycles. The topological polar surface area (TPSA) is 86.8 Å². The van der Waals surface area contributed by atoms with Crippen molar-refractivity contribution in [3.05, 3.63) is 59.7 Å². The first-order chi connectivity index (χ1) is 16.8. The molecule has 1 N–H and O–H groups in total. The number of piperidine rings is 1. The highest BCUT2D eigenvalue weighted by Gasteiger charge is 2.40. The van der Waals surface area contributed by atoms with Gasteiger partial charge in [-0.2, -0.15) is 4.31 Å². The third-order valence-corrected chi connectivity index (χ3v) is 9.45. The van der Waals surface area contributed by atoms with Gasteiger partial charge in [-0.25, -0.2) is 8.42 Å². The number of sulfonamides is 1. The number of benzene rings is 2. The summed E-state index contributed by atoms with van der Waals surface area (Å²) in [4.78, 5) is 27.6. The van der Waals surface area contributed by atoms with E-state index in [0.29, 0.717) is 32.4 Å². The first-order valence-electron chi connectivity index (χ1n) is 12.6. The lowest BCUT2D eigenvalue weighted by Crippen LogP contribution is -2.43.